The summed E-state index contributed by atoms with van der Waals surface area (Å²) in [4.78, 5) is 49.6. The van der Waals surface area contributed by atoms with Gasteiger partial charge in [-0.25, -0.2) is 24.3 Å². The molecule has 0 radical (unpaired) electrons. The fraction of sp³-hybridized carbons (Fsp3) is 0.290. The van der Waals surface area contributed by atoms with E-state index in [9.17, 15) is 14.0 Å². The Bertz CT molecular complexity index is 3290. The van der Waals surface area contributed by atoms with Crippen LogP contribution in [0.15, 0.2) is 145 Å². The Morgan fingerprint density at radius 3 is 1.77 bits per heavy atom. The third-order valence-corrected chi connectivity index (χ3v) is 15.4. The molecule has 0 spiro atoms. The number of amides is 2. The van der Waals surface area contributed by atoms with Crippen LogP contribution in [0, 0.1) is 5.82 Å². The molecule has 11 rings (SSSR count). The number of carbonyl (C=O) groups is 2. The van der Waals surface area contributed by atoms with E-state index in [1.54, 1.807) is 0 Å². The van der Waals surface area contributed by atoms with Crippen LogP contribution in [0.5, 0.6) is 5.75 Å². The van der Waals surface area contributed by atoms with Gasteiger partial charge in [0.25, 0.3) is 11.8 Å². The summed E-state index contributed by atoms with van der Waals surface area (Å²) < 4.78 is 19.0. The van der Waals surface area contributed by atoms with Gasteiger partial charge in [-0.05, 0) is 173 Å². The molecule has 3 aromatic heterocycles. The normalized spacial score (nSPS) is 15.2. The number of likely N-dealkylation sites (tertiary alicyclic amines) is 1. The van der Waals surface area contributed by atoms with Crippen molar-refractivity contribution in [3.8, 4) is 28.3 Å². The topological polar surface area (TPSA) is 150 Å². The zero-order valence-electron chi connectivity index (χ0n) is 43.9. The zero-order valence-corrected chi connectivity index (χ0v) is 44.7. The SMILES string of the molecule is COc1ccc(C(=O)Nc2ccc(C3Cc4cnc(NCCCCN(C)C)nc4-c4ccccc43)cc2)cc1F.O=C(Nc1ccc(C2Cc3cnc(NCCCN4CCCC4)nc3-c3ccccc32)cc1)c1cccs1. The van der Waals surface area contributed by atoms with E-state index >= 15 is 0 Å². The van der Waals surface area contributed by atoms with Crippen molar-refractivity contribution in [1.82, 2.24) is 29.7 Å². The maximum atomic E-state index is 14.0. The van der Waals surface area contributed by atoms with Crippen molar-refractivity contribution in [3.05, 3.63) is 195 Å². The van der Waals surface area contributed by atoms with Crippen LogP contribution in [0.4, 0.5) is 27.7 Å². The molecule has 77 heavy (non-hydrogen) atoms. The summed E-state index contributed by atoms with van der Waals surface area (Å²) in [6.07, 6.45) is 11.5. The molecular formula is C62H65FN10O3S. The molecule has 0 saturated carbocycles. The third-order valence-electron chi connectivity index (χ3n) is 14.5. The molecule has 1 saturated heterocycles. The Morgan fingerprint density at radius 1 is 0.675 bits per heavy atom. The van der Waals surface area contributed by atoms with E-state index in [-0.39, 0.29) is 35.0 Å². The number of ether oxygens (including phenoxy) is 1. The summed E-state index contributed by atoms with van der Waals surface area (Å²) in [5.41, 5.74) is 13.1. The zero-order chi connectivity index (χ0) is 53.1. The van der Waals surface area contributed by atoms with Gasteiger partial charge in [0.2, 0.25) is 11.9 Å². The molecule has 8 aromatic rings. The number of nitrogens with one attached hydrogen (secondary N) is 4. The molecule has 3 aliphatic rings. The lowest BCUT2D eigenvalue weighted by Crippen LogP contribution is -2.22. The summed E-state index contributed by atoms with van der Waals surface area (Å²) >= 11 is 1.44. The number of hydrogen-bond acceptors (Lipinski definition) is 12. The average molecular weight is 1050 g/mol. The Kier molecular flexibility index (Phi) is 17.0. The number of anilines is 4. The molecule has 394 valence electrons. The molecule has 4 N–H and O–H groups in total. The van der Waals surface area contributed by atoms with Crippen LogP contribution >= 0.6 is 11.3 Å². The van der Waals surface area contributed by atoms with Gasteiger partial charge in [0, 0.05) is 65.4 Å². The van der Waals surface area contributed by atoms with Crippen LogP contribution in [-0.4, -0.2) is 102 Å². The highest BCUT2D eigenvalue weighted by Crippen LogP contribution is 2.44. The smallest absolute Gasteiger partial charge is 0.265 e. The third kappa shape index (κ3) is 12.9. The Hall–Kier alpha value is -7.85. The molecule has 0 bridgehead atoms. The monoisotopic (exact) mass is 1050 g/mol. The van der Waals surface area contributed by atoms with E-state index in [1.165, 1.54) is 90.4 Å². The van der Waals surface area contributed by atoms with Gasteiger partial charge in [-0.1, -0.05) is 78.9 Å². The number of carbonyl (C=O) groups excluding carboxylic acids is 2. The van der Waals surface area contributed by atoms with Gasteiger partial charge in [0.05, 0.1) is 23.4 Å². The van der Waals surface area contributed by atoms with Crippen molar-refractivity contribution in [3.63, 3.8) is 0 Å². The minimum Gasteiger partial charge on any atom is -0.494 e. The molecule has 5 aromatic carbocycles. The average Bonchev–Trinajstić information content (AvgIpc) is 4.26. The number of hydrogen-bond donors (Lipinski definition) is 4. The largest absolute Gasteiger partial charge is 0.494 e. The minimum absolute atomic E-state index is 0.0719. The van der Waals surface area contributed by atoms with Crippen molar-refractivity contribution >= 4 is 46.4 Å². The number of benzene rings is 5. The number of thiophene rings is 1. The summed E-state index contributed by atoms with van der Waals surface area (Å²) in [5, 5.41) is 14.6. The first kappa shape index (κ1) is 52.6. The summed E-state index contributed by atoms with van der Waals surface area (Å²) in [5.74, 6) is 0.791. The van der Waals surface area contributed by atoms with Crippen molar-refractivity contribution in [1.29, 1.82) is 0 Å². The summed E-state index contributed by atoms with van der Waals surface area (Å²) in [6.45, 7) is 6.40. The van der Waals surface area contributed by atoms with Crippen molar-refractivity contribution in [2.45, 2.75) is 56.8 Å². The van der Waals surface area contributed by atoms with Crippen LogP contribution in [0.25, 0.3) is 22.5 Å². The number of aromatic nitrogens is 4. The van der Waals surface area contributed by atoms with Crippen molar-refractivity contribution in [2.24, 2.45) is 0 Å². The highest BCUT2D eigenvalue weighted by atomic mass is 32.1. The number of halogens is 1. The van der Waals surface area contributed by atoms with Crippen molar-refractivity contribution < 1.29 is 18.7 Å². The minimum atomic E-state index is -0.575. The Labute approximate surface area is 454 Å². The van der Waals surface area contributed by atoms with E-state index in [1.807, 2.05) is 72.4 Å². The van der Waals surface area contributed by atoms with Crippen molar-refractivity contribution in [2.75, 3.05) is 81.7 Å². The number of rotatable bonds is 18. The van der Waals surface area contributed by atoms with Gasteiger partial charge in [-0.3, -0.25) is 9.59 Å². The van der Waals surface area contributed by atoms with Crippen LogP contribution in [0.3, 0.4) is 0 Å². The second kappa shape index (κ2) is 24.9. The molecule has 13 nitrogen and oxygen atoms in total. The molecule has 1 aliphatic heterocycles. The molecule has 1 fully saturated rings. The second-order valence-corrected chi connectivity index (χ2v) is 21.0. The molecule has 4 heterocycles. The predicted molar refractivity (Wildman–Crippen MR) is 307 cm³/mol. The number of nitrogens with zero attached hydrogens (tertiary/aromatic N) is 6. The predicted octanol–water partition coefficient (Wildman–Crippen LogP) is 12.0. The Balaban J connectivity index is 0.000000175. The van der Waals surface area contributed by atoms with Crippen LogP contribution < -0.4 is 26.0 Å². The maximum Gasteiger partial charge on any atom is 0.265 e. The Morgan fingerprint density at radius 2 is 1.23 bits per heavy atom. The molecule has 2 unspecified atom stereocenters. The molecule has 15 heteroatoms. The van der Waals surface area contributed by atoms with Gasteiger partial charge in [0.1, 0.15) is 0 Å². The van der Waals surface area contributed by atoms with E-state index in [0.717, 1.165) is 92.0 Å². The maximum absolute atomic E-state index is 14.0. The lowest BCUT2D eigenvalue weighted by molar-refractivity contribution is 0.102. The first-order valence-electron chi connectivity index (χ1n) is 26.6. The van der Waals surface area contributed by atoms with E-state index < -0.39 is 5.82 Å². The first-order valence-corrected chi connectivity index (χ1v) is 27.5. The fourth-order valence-corrected chi connectivity index (χ4v) is 11.1. The van der Waals surface area contributed by atoms with Gasteiger partial charge in [-0.15, -0.1) is 11.3 Å². The van der Waals surface area contributed by atoms with Gasteiger partial charge in [-0.2, -0.15) is 0 Å². The van der Waals surface area contributed by atoms with E-state index in [2.05, 4.69) is 110 Å². The molecule has 2 amide bonds. The number of methoxy groups -OCH3 is 1. The fourth-order valence-electron chi connectivity index (χ4n) is 10.5. The van der Waals surface area contributed by atoms with Gasteiger partial charge >= 0.3 is 0 Å². The van der Waals surface area contributed by atoms with Crippen LogP contribution in [0.2, 0.25) is 0 Å². The molecule has 2 aliphatic carbocycles. The van der Waals surface area contributed by atoms with Gasteiger partial charge in [0.15, 0.2) is 11.6 Å². The highest BCUT2D eigenvalue weighted by Gasteiger charge is 2.29. The van der Waals surface area contributed by atoms with E-state index in [0.29, 0.717) is 22.5 Å². The second-order valence-electron chi connectivity index (χ2n) is 20.1. The molecule has 2 atom stereocenters. The summed E-state index contributed by atoms with van der Waals surface area (Å²) in [6, 6.07) is 40.9. The first-order chi connectivity index (χ1) is 37.7. The lowest BCUT2D eigenvalue weighted by atomic mass is 9.78. The quantitative estimate of drug-likeness (QED) is 0.0608. The lowest BCUT2D eigenvalue weighted by Gasteiger charge is -2.27. The number of unbranched alkanes of at least 4 members (excludes halogenated alkanes) is 1. The highest BCUT2D eigenvalue weighted by molar-refractivity contribution is 7.12. The standard InChI is InChI=1S/C32H34FN5O2.C30H31N5OS/c1-38(2)17-7-6-16-34-32-35-20-23-18-27(25-8-4-5-9-26(25)30(23)37-32)21-10-13-24(14-11-21)36-31(39)22-12-15-29(40-3)28(33)19-22;36-29(27-9-5-18-37-27)33-23-12-10-21(11-13-23)26-19-22-20-32-30(31-14-6-17-35-15-3-4-16-35)34-28(22)25-8-2-1-7-24(25)26/h4-5,8-15,19-20,27H,6-7,16-18H2,1-3H3,(H,36,39)(H,34,35,37);1-2,5,7-13,18,20,26H,3-4,6,14-17,19H2,(H,33,36)(H,31,32,34). The summed E-state index contributed by atoms with van der Waals surface area (Å²) in [7, 11) is 5.56. The number of fused-ring (bicyclic) bond motifs is 6. The van der Waals surface area contributed by atoms with E-state index in [4.69, 9.17) is 14.7 Å². The molecular weight excluding hydrogens is 984 g/mol. The van der Waals surface area contributed by atoms with Gasteiger partial charge < -0.3 is 35.8 Å². The van der Waals surface area contributed by atoms with Crippen LogP contribution in [-0.2, 0) is 12.8 Å². The van der Waals surface area contributed by atoms with Crippen LogP contribution in [0.1, 0.15) is 97.4 Å².